The van der Waals surface area contributed by atoms with E-state index in [4.69, 9.17) is 17.0 Å². The zero-order valence-corrected chi connectivity index (χ0v) is 11.5. The molecule has 7 heteroatoms. The van der Waals surface area contributed by atoms with Crippen LogP contribution in [0.1, 0.15) is 15.2 Å². The van der Waals surface area contributed by atoms with Crippen LogP contribution in [0.15, 0.2) is 23.8 Å². The van der Waals surface area contributed by atoms with E-state index >= 15 is 0 Å². The molecule has 94 valence electrons. The van der Waals surface area contributed by atoms with E-state index in [1.165, 1.54) is 23.1 Å². The van der Waals surface area contributed by atoms with Crippen molar-refractivity contribution in [1.29, 1.82) is 0 Å². The molecule has 2 aromatic heterocycles. The zero-order valence-electron chi connectivity index (χ0n) is 9.84. The fourth-order valence-electron chi connectivity index (χ4n) is 1.40. The van der Waals surface area contributed by atoms with Gasteiger partial charge in [-0.15, -0.1) is 11.3 Å². The maximum Gasteiger partial charge on any atom is 0.350 e. The van der Waals surface area contributed by atoms with E-state index in [1.807, 2.05) is 12.3 Å². The van der Waals surface area contributed by atoms with Crippen molar-refractivity contribution in [1.82, 2.24) is 9.78 Å². The second kappa shape index (κ2) is 5.28. The van der Waals surface area contributed by atoms with Crippen molar-refractivity contribution in [3.63, 3.8) is 0 Å². The highest BCUT2D eigenvalue weighted by atomic mass is 32.1. The van der Waals surface area contributed by atoms with Crippen molar-refractivity contribution in [2.75, 3.05) is 12.4 Å². The number of thiophene rings is 1. The smallest absolute Gasteiger partial charge is 0.350 e. The molecule has 2 aromatic rings. The lowest BCUT2D eigenvalue weighted by atomic mass is 10.3. The first kappa shape index (κ1) is 12.7. The third-order valence-corrected chi connectivity index (χ3v) is 3.66. The lowest BCUT2D eigenvalue weighted by Gasteiger charge is -2.09. The van der Waals surface area contributed by atoms with Gasteiger partial charge in [-0.25, -0.2) is 9.48 Å². The summed E-state index contributed by atoms with van der Waals surface area (Å²) < 4.78 is 6.25. The third-order valence-electron chi connectivity index (χ3n) is 2.29. The molecule has 0 radical (unpaired) electrons. The number of nitrogens with one attached hydrogen (secondary N) is 1. The number of nitrogens with zero attached hydrogens (tertiary/aromatic N) is 2. The molecule has 0 amide bonds. The molecule has 0 aromatic carbocycles. The predicted octanol–water partition coefficient (Wildman–Crippen LogP) is 2.28. The summed E-state index contributed by atoms with van der Waals surface area (Å²) >= 11 is 6.53. The van der Waals surface area contributed by atoms with Gasteiger partial charge in [-0.1, -0.05) is 0 Å². The molecule has 0 aliphatic heterocycles. The highest BCUT2D eigenvalue weighted by molar-refractivity contribution is 7.80. The second-order valence-electron chi connectivity index (χ2n) is 3.50. The summed E-state index contributed by atoms with van der Waals surface area (Å²) in [5.41, 5.74) is 1.61. The maximum absolute atomic E-state index is 11.6. The van der Waals surface area contributed by atoms with Gasteiger partial charge in [0.25, 0.3) is 0 Å². The Morgan fingerprint density at radius 3 is 3.00 bits per heavy atom. The van der Waals surface area contributed by atoms with Crippen LogP contribution >= 0.6 is 23.6 Å². The molecule has 0 saturated heterocycles. The number of anilines is 1. The molecule has 0 aliphatic rings. The van der Waals surface area contributed by atoms with Gasteiger partial charge < -0.3 is 10.1 Å². The minimum Gasteiger partial charge on any atom is -0.465 e. The number of ether oxygens (including phenoxy) is 1. The van der Waals surface area contributed by atoms with E-state index in [0.717, 1.165) is 5.56 Å². The van der Waals surface area contributed by atoms with E-state index < -0.39 is 0 Å². The summed E-state index contributed by atoms with van der Waals surface area (Å²) in [4.78, 5) is 12.1. The van der Waals surface area contributed by atoms with Crippen molar-refractivity contribution in [2.45, 2.75) is 6.92 Å². The average molecular weight is 281 g/mol. The Kier molecular flexibility index (Phi) is 3.73. The van der Waals surface area contributed by atoms with Gasteiger partial charge in [0, 0.05) is 12.4 Å². The first-order chi connectivity index (χ1) is 8.63. The highest BCUT2D eigenvalue weighted by Crippen LogP contribution is 2.28. The Morgan fingerprint density at radius 1 is 1.61 bits per heavy atom. The number of methoxy groups -OCH3 is 1. The first-order valence-corrected chi connectivity index (χ1v) is 6.39. The van der Waals surface area contributed by atoms with Crippen molar-refractivity contribution in [3.05, 3.63) is 34.3 Å². The summed E-state index contributed by atoms with van der Waals surface area (Å²) in [7, 11) is 1.35. The lowest BCUT2D eigenvalue weighted by Crippen LogP contribution is -2.20. The van der Waals surface area contributed by atoms with Gasteiger partial charge in [-0.3, -0.25) is 0 Å². The van der Waals surface area contributed by atoms with Gasteiger partial charge in [0.2, 0.25) is 0 Å². The first-order valence-electron chi connectivity index (χ1n) is 5.11. The highest BCUT2D eigenvalue weighted by Gasteiger charge is 2.17. The normalized spacial score (nSPS) is 10.1. The molecule has 0 bridgehead atoms. The summed E-state index contributed by atoms with van der Waals surface area (Å²) in [6.45, 7) is 1.90. The van der Waals surface area contributed by atoms with Crippen LogP contribution in [0.25, 0.3) is 0 Å². The van der Waals surface area contributed by atoms with Gasteiger partial charge in [-0.2, -0.15) is 5.10 Å². The molecule has 0 fully saturated rings. The molecule has 18 heavy (non-hydrogen) atoms. The molecular weight excluding hydrogens is 270 g/mol. The Morgan fingerprint density at radius 2 is 2.39 bits per heavy atom. The van der Waals surface area contributed by atoms with Crippen LogP contribution in [0.4, 0.5) is 5.69 Å². The third kappa shape index (κ3) is 2.41. The van der Waals surface area contributed by atoms with Crippen molar-refractivity contribution >= 4 is 40.3 Å². The summed E-state index contributed by atoms with van der Waals surface area (Å²) in [5.74, 6) is -0.376. The number of aryl methyl sites for hydroxylation is 1. The molecule has 2 rings (SSSR count). The minimum atomic E-state index is -0.376. The summed E-state index contributed by atoms with van der Waals surface area (Å²) in [6, 6.07) is 1.77. The number of aromatic nitrogens is 2. The number of esters is 1. The van der Waals surface area contributed by atoms with Crippen molar-refractivity contribution in [3.8, 4) is 0 Å². The predicted molar refractivity (Wildman–Crippen MR) is 74.2 cm³/mol. The van der Waals surface area contributed by atoms with Crippen LogP contribution in [0.5, 0.6) is 0 Å². The van der Waals surface area contributed by atoms with Crippen LogP contribution in [0.3, 0.4) is 0 Å². The number of rotatable bonds is 2. The van der Waals surface area contributed by atoms with Crippen LogP contribution in [-0.4, -0.2) is 28.0 Å². The number of thiocarbonyl (C=S) groups is 1. The van der Waals surface area contributed by atoms with Gasteiger partial charge in [0.1, 0.15) is 4.88 Å². The van der Waals surface area contributed by atoms with Crippen LogP contribution in [0, 0.1) is 6.92 Å². The van der Waals surface area contributed by atoms with Gasteiger partial charge in [-0.05, 0) is 36.2 Å². The standard InChI is InChI=1S/C11H11N3O2S2/c1-7-6-18-9(10(15)16-2)8(7)13-11(17)14-5-3-4-12-14/h3-6H,1-2H3,(H,13,17). The lowest BCUT2D eigenvalue weighted by molar-refractivity contribution is 0.0607. The van der Waals surface area contributed by atoms with E-state index in [0.29, 0.717) is 15.7 Å². The molecule has 5 nitrogen and oxygen atoms in total. The molecule has 0 spiro atoms. The summed E-state index contributed by atoms with van der Waals surface area (Å²) in [6.07, 6.45) is 3.37. The number of carbonyl (C=O) groups excluding carboxylic acids is 1. The Labute approximate surface area is 113 Å². The molecule has 0 atom stereocenters. The quantitative estimate of drug-likeness (QED) is 0.676. The van der Waals surface area contributed by atoms with E-state index in [9.17, 15) is 4.79 Å². The number of hydrogen-bond acceptors (Lipinski definition) is 5. The molecule has 0 saturated carbocycles. The topological polar surface area (TPSA) is 56.1 Å². The second-order valence-corrected chi connectivity index (χ2v) is 4.76. The molecule has 0 unspecified atom stereocenters. The number of hydrogen-bond donors (Lipinski definition) is 1. The minimum absolute atomic E-state index is 0.376. The maximum atomic E-state index is 11.6. The van der Waals surface area contributed by atoms with Crippen LogP contribution in [0.2, 0.25) is 0 Å². The Hall–Kier alpha value is -1.73. The zero-order chi connectivity index (χ0) is 13.1. The SMILES string of the molecule is COC(=O)c1scc(C)c1NC(=S)n1cccn1. The Bertz CT molecular complexity index is 575. The Balaban J connectivity index is 2.26. The van der Waals surface area contributed by atoms with E-state index in [1.54, 1.807) is 18.5 Å². The number of carbonyl (C=O) groups is 1. The fraction of sp³-hybridized carbons (Fsp3) is 0.182. The van der Waals surface area contributed by atoms with Crippen molar-refractivity contribution < 1.29 is 9.53 Å². The van der Waals surface area contributed by atoms with Crippen molar-refractivity contribution in [2.24, 2.45) is 0 Å². The van der Waals surface area contributed by atoms with Gasteiger partial charge >= 0.3 is 5.97 Å². The molecular formula is C11H11N3O2S2. The molecule has 2 heterocycles. The average Bonchev–Trinajstić information content (AvgIpc) is 2.99. The van der Waals surface area contributed by atoms with E-state index in [-0.39, 0.29) is 5.97 Å². The summed E-state index contributed by atoms with van der Waals surface area (Å²) in [5, 5.41) is 9.32. The fourth-order valence-corrected chi connectivity index (χ4v) is 2.53. The van der Waals surface area contributed by atoms with Gasteiger partial charge in [0.15, 0.2) is 5.11 Å². The monoisotopic (exact) mass is 281 g/mol. The van der Waals surface area contributed by atoms with Crippen LogP contribution < -0.4 is 5.32 Å². The largest absolute Gasteiger partial charge is 0.465 e. The van der Waals surface area contributed by atoms with Gasteiger partial charge in [0.05, 0.1) is 12.8 Å². The van der Waals surface area contributed by atoms with Crippen LogP contribution in [-0.2, 0) is 4.74 Å². The van der Waals surface area contributed by atoms with E-state index in [2.05, 4.69) is 10.4 Å². The molecule has 0 aliphatic carbocycles. The molecule has 1 N–H and O–H groups in total.